The summed E-state index contributed by atoms with van der Waals surface area (Å²) in [5.41, 5.74) is 10.4. The van der Waals surface area contributed by atoms with Gasteiger partial charge in [0.05, 0.1) is 49.3 Å². The van der Waals surface area contributed by atoms with Gasteiger partial charge in [-0.15, -0.1) is 0 Å². The van der Waals surface area contributed by atoms with Gasteiger partial charge in [-0.3, -0.25) is 29.1 Å². The highest BCUT2D eigenvalue weighted by Gasteiger charge is 2.34. The number of aliphatic imine (C=N–C) groups is 2. The summed E-state index contributed by atoms with van der Waals surface area (Å²) in [6.45, 7) is 8.03. The van der Waals surface area contributed by atoms with E-state index in [1.54, 1.807) is 23.5 Å². The molecule has 0 aliphatic carbocycles. The van der Waals surface area contributed by atoms with Crippen molar-refractivity contribution in [1.82, 2.24) is 29.8 Å². The Morgan fingerprint density at radius 3 is 1.96 bits per heavy atom. The summed E-state index contributed by atoms with van der Waals surface area (Å²) in [5.74, 6) is 1.12. The maximum absolute atomic E-state index is 13.0. The average molecular weight is 960 g/mol. The molecule has 2 saturated heterocycles. The van der Waals surface area contributed by atoms with Gasteiger partial charge >= 0.3 is 0 Å². The van der Waals surface area contributed by atoms with E-state index in [4.69, 9.17) is 29.9 Å². The maximum Gasteiger partial charge on any atom is 0.254 e. The molecule has 4 N–H and O–H groups in total. The van der Waals surface area contributed by atoms with Crippen LogP contribution >= 0.6 is 23.5 Å². The van der Waals surface area contributed by atoms with Crippen molar-refractivity contribution >= 4 is 64.3 Å². The minimum absolute atomic E-state index is 0.0641. The lowest BCUT2D eigenvalue weighted by Gasteiger charge is -2.43. The van der Waals surface area contributed by atoms with Gasteiger partial charge in [-0.05, 0) is 42.5 Å². The molecule has 5 aliphatic rings. The van der Waals surface area contributed by atoms with E-state index in [1.165, 1.54) is 17.0 Å². The predicted molar refractivity (Wildman–Crippen MR) is 262 cm³/mol. The number of rotatable bonds is 17. The zero-order valence-electron chi connectivity index (χ0n) is 37.9. The van der Waals surface area contributed by atoms with Crippen LogP contribution in [0.2, 0.25) is 0 Å². The average Bonchev–Trinajstić information content (AvgIpc) is 3.49. The minimum Gasteiger partial charge on any atom is -0.490 e. The molecule has 5 aliphatic heterocycles. The Hall–Kier alpha value is -5.57. The van der Waals surface area contributed by atoms with E-state index in [2.05, 4.69) is 79.5 Å². The SMILES string of the molecule is NCC1CN(C2=Nc3ccccc3Sc3ccccc32)CCN1CCOCCOc1cccc2c1Sc1ccccc1N=C2N1CCN(CCOCCO)C(CNC(=O)CN2C(=O)C=CC2=O)C1. The molecule has 16 nitrogen and oxygen atoms in total. The van der Waals surface area contributed by atoms with Gasteiger partial charge in [0.25, 0.3) is 11.8 Å². The molecule has 4 aromatic rings. The van der Waals surface area contributed by atoms with Gasteiger partial charge in [0.1, 0.15) is 30.6 Å². The first-order valence-corrected chi connectivity index (χ1v) is 24.8. The smallest absolute Gasteiger partial charge is 0.254 e. The van der Waals surface area contributed by atoms with E-state index in [1.807, 2.05) is 36.4 Å². The number of carbonyl (C=O) groups excluding carboxylic acids is 3. The van der Waals surface area contributed by atoms with Crippen LogP contribution in [0.15, 0.2) is 133 Å². The lowest BCUT2D eigenvalue weighted by Crippen LogP contribution is -2.59. The van der Waals surface area contributed by atoms with E-state index in [0.29, 0.717) is 59.2 Å². The van der Waals surface area contributed by atoms with E-state index in [9.17, 15) is 19.5 Å². The summed E-state index contributed by atoms with van der Waals surface area (Å²) in [7, 11) is 0. The van der Waals surface area contributed by atoms with Gasteiger partial charge in [0.15, 0.2) is 0 Å². The number of fused-ring (bicyclic) bond motifs is 4. The van der Waals surface area contributed by atoms with Crippen LogP contribution in [-0.4, -0.2) is 183 Å². The molecule has 9 rings (SSSR count). The lowest BCUT2D eigenvalue weighted by atomic mass is 10.1. The molecule has 4 aromatic carbocycles. The van der Waals surface area contributed by atoms with Crippen molar-refractivity contribution in [2.45, 2.75) is 31.7 Å². The number of carbonyl (C=O) groups is 3. The maximum atomic E-state index is 13.0. The Bertz CT molecular complexity index is 2540. The Kier molecular flexibility index (Phi) is 15.8. The first kappa shape index (κ1) is 47.5. The summed E-state index contributed by atoms with van der Waals surface area (Å²) >= 11 is 3.40. The number of imide groups is 1. The molecular formula is C50H57N9O7S2. The zero-order chi connectivity index (χ0) is 46.8. The molecule has 0 aromatic heterocycles. The van der Waals surface area contributed by atoms with Crippen molar-refractivity contribution in [2.75, 3.05) is 112 Å². The first-order chi connectivity index (χ1) is 33.4. The molecule has 68 heavy (non-hydrogen) atoms. The number of para-hydroxylation sites is 2. The molecular weight excluding hydrogens is 903 g/mol. The highest BCUT2D eigenvalue weighted by Crippen LogP contribution is 2.45. The van der Waals surface area contributed by atoms with Crippen LogP contribution in [0.5, 0.6) is 5.75 Å². The van der Waals surface area contributed by atoms with Crippen molar-refractivity contribution in [1.29, 1.82) is 0 Å². The van der Waals surface area contributed by atoms with Crippen LogP contribution in [0.4, 0.5) is 11.4 Å². The number of aliphatic hydroxyl groups is 1. The van der Waals surface area contributed by atoms with Crippen LogP contribution in [0.25, 0.3) is 0 Å². The Morgan fingerprint density at radius 1 is 0.676 bits per heavy atom. The third-order valence-corrected chi connectivity index (χ3v) is 14.9. The molecule has 2 atom stereocenters. The molecule has 356 valence electrons. The van der Waals surface area contributed by atoms with Gasteiger partial charge in [-0.2, -0.15) is 0 Å². The fourth-order valence-corrected chi connectivity index (χ4v) is 11.1. The first-order valence-electron chi connectivity index (χ1n) is 23.2. The second kappa shape index (κ2) is 22.7. The molecule has 18 heteroatoms. The van der Waals surface area contributed by atoms with Crippen LogP contribution in [-0.2, 0) is 23.9 Å². The number of piperazine rings is 2. The van der Waals surface area contributed by atoms with Crippen LogP contribution in [0.1, 0.15) is 11.1 Å². The third kappa shape index (κ3) is 11.1. The van der Waals surface area contributed by atoms with Gasteiger partial charge in [-0.25, -0.2) is 9.98 Å². The number of nitrogens with one attached hydrogen (secondary N) is 1. The Labute approximate surface area is 405 Å². The number of aliphatic hydroxyl groups excluding tert-OH is 1. The van der Waals surface area contributed by atoms with Crippen LogP contribution < -0.4 is 15.8 Å². The van der Waals surface area contributed by atoms with E-state index in [-0.39, 0.29) is 38.4 Å². The third-order valence-electron chi connectivity index (χ3n) is 12.5. The number of nitrogens with zero attached hydrogens (tertiary/aromatic N) is 7. The standard InChI is InChI=1S/C50H57N9O7S2/c51-30-35-32-57(49-37-8-1-4-13-42(37)67-43-14-5-2-10-39(43)53-49)20-18-55(35)22-26-65-28-29-66-41-12-7-9-38-48(41)68-44-15-6-3-11-40(44)54-50(38)58-21-19-56(23-25-64-27-24-60)36(33-58)31-52-45(61)34-59-46(62)16-17-47(59)63/h1-17,35-36,60H,18-34,51H2,(H,52,61). The number of amidine groups is 2. The Balaban J connectivity index is 0.823. The quantitative estimate of drug-likeness (QED) is 0.103. The summed E-state index contributed by atoms with van der Waals surface area (Å²) in [6.07, 6.45) is 2.34. The lowest BCUT2D eigenvalue weighted by molar-refractivity contribution is -0.141. The van der Waals surface area contributed by atoms with Gasteiger partial charge in [0.2, 0.25) is 5.91 Å². The number of hydrogen-bond donors (Lipinski definition) is 3. The molecule has 2 unspecified atom stereocenters. The normalized spacial score (nSPS) is 19.4. The van der Waals surface area contributed by atoms with Crippen LogP contribution in [0, 0.1) is 0 Å². The van der Waals surface area contributed by atoms with E-state index < -0.39 is 17.7 Å². The Morgan fingerprint density at radius 2 is 1.26 bits per heavy atom. The second-order valence-electron chi connectivity index (χ2n) is 16.8. The predicted octanol–water partition coefficient (Wildman–Crippen LogP) is 3.85. The highest BCUT2D eigenvalue weighted by atomic mass is 32.2. The number of hydrogen-bond acceptors (Lipinski definition) is 16. The van der Waals surface area contributed by atoms with Gasteiger partial charge in [0, 0.05) is 115 Å². The minimum atomic E-state index is -0.503. The molecule has 3 amide bonds. The van der Waals surface area contributed by atoms with Crippen molar-refractivity contribution in [3.63, 3.8) is 0 Å². The number of ether oxygens (including phenoxy) is 3. The van der Waals surface area contributed by atoms with Crippen molar-refractivity contribution in [3.8, 4) is 5.75 Å². The fourth-order valence-electron chi connectivity index (χ4n) is 9.02. The topological polar surface area (TPSA) is 178 Å². The summed E-state index contributed by atoms with van der Waals surface area (Å²) in [6, 6.07) is 31.0. The molecule has 0 saturated carbocycles. The highest BCUT2D eigenvalue weighted by molar-refractivity contribution is 8.00. The van der Waals surface area contributed by atoms with Crippen molar-refractivity contribution < 1.29 is 33.7 Å². The van der Waals surface area contributed by atoms with E-state index >= 15 is 0 Å². The summed E-state index contributed by atoms with van der Waals surface area (Å²) in [5, 5.41) is 12.2. The molecule has 0 bridgehead atoms. The molecule has 2 fully saturated rings. The molecule has 0 spiro atoms. The van der Waals surface area contributed by atoms with Gasteiger partial charge in [-0.1, -0.05) is 72.1 Å². The molecule has 0 radical (unpaired) electrons. The van der Waals surface area contributed by atoms with Crippen LogP contribution in [0.3, 0.4) is 0 Å². The van der Waals surface area contributed by atoms with E-state index in [0.717, 1.165) is 85.7 Å². The number of benzene rings is 4. The largest absolute Gasteiger partial charge is 0.490 e. The second-order valence-corrected chi connectivity index (χ2v) is 19.0. The number of nitrogens with two attached hydrogens (primary N) is 1. The zero-order valence-corrected chi connectivity index (χ0v) is 39.5. The van der Waals surface area contributed by atoms with Crippen molar-refractivity contribution in [2.24, 2.45) is 15.7 Å². The number of amides is 3. The summed E-state index contributed by atoms with van der Waals surface area (Å²) < 4.78 is 18.3. The fraction of sp³-hybridized carbons (Fsp3) is 0.380. The van der Waals surface area contributed by atoms with Gasteiger partial charge < -0.3 is 40.2 Å². The molecule has 5 heterocycles. The van der Waals surface area contributed by atoms with Crippen molar-refractivity contribution in [3.05, 3.63) is 114 Å². The summed E-state index contributed by atoms with van der Waals surface area (Å²) in [4.78, 5) is 62.4. The monoisotopic (exact) mass is 959 g/mol.